The Kier molecular flexibility index (Phi) is 5.84. The van der Waals surface area contributed by atoms with E-state index in [-0.39, 0.29) is 6.61 Å². The minimum absolute atomic E-state index is 0.0327. The van der Waals surface area contributed by atoms with E-state index < -0.39 is 18.0 Å². The molecule has 0 rings (SSSR count). The van der Waals surface area contributed by atoms with Crippen LogP contribution in [0, 0.1) is 5.92 Å². The Hall–Kier alpha value is -1.13. The molecule has 74 valence electrons. The molecule has 2 N–H and O–H groups in total. The first-order chi connectivity index (χ1) is 6.13. The Morgan fingerprint density at radius 2 is 2.15 bits per heavy atom. The Balaban J connectivity index is 3.90. The highest BCUT2D eigenvalue weighted by Crippen LogP contribution is 2.05. The van der Waals surface area contributed by atoms with E-state index in [1.807, 2.05) is 0 Å². The molecular weight excluding hydrogens is 172 g/mol. The molecule has 0 saturated carbocycles. The SMILES string of the molecule is C=CCOC[C@@H](O)[C@H](C=C)C(=O)O. The summed E-state index contributed by atoms with van der Waals surface area (Å²) in [7, 11) is 0. The third-order valence-corrected chi connectivity index (χ3v) is 1.48. The van der Waals surface area contributed by atoms with E-state index in [1.54, 1.807) is 0 Å². The summed E-state index contributed by atoms with van der Waals surface area (Å²) in [5.74, 6) is -2.09. The Labute approximate surface area is 77.1 Å². The summed E-state index contributed by atoms with van der Waals surface area (Å²) in [6.07, 6.45) is 1.65. The van der Waals surface area contributed by atoms with Crippen LogP contribution in [0.4, 0.5) is 0 Å². The summed E-state index contributed by atoms with van der Waals surface area (Å²) in [6.45, 7) is 6.99. The lowest BCUT2D eigenvalue weighted by Gasteiger charge is -2.14. The lowest BCUT2D eigenvalue weighted by molar-refractivity contribution is -0.144. The number of ether oxygens (including phenoxy) is 1. The highest BCUT2D eigenvalue weighted by atomic mass is 16.5. The van der Waals surface area contributed by atoms with Crippen molar-refractivity contribution >= 4 is 5.97 Å². The van der Waals surface area contributed by atoms with Crippen LogP contribution in [0.25, 0.3) is 0 Å². The molecule has 4 heteroatoms. The fourth-order valence-corrected chi connectivity index (χ4v) is 0.798. The second kappa shape index (κ2) is 6.39. The third kappa shape index (κ3) is 4.45. The van der Waals surface area contributed by atoms with Crippen molar-refractivity contribution in [3.63, 3.8) is 0 Å². The van der Waals surface area contributed by atoms with Gasteiger partial charge in [0.25, 0.3) is 0 Å². The minimum atomic E-state index is -1.11. The maximum atomic E-state index is 10.5. The van der Waals surface area contributed by atoms with Crippen molar-refractivity contribution in [2.45, 2.75) is 6.10 Å². The van der Waals surface area contributed by atoms with E-state index in [4.69, 9.17) is 9.84 Å². The van der Waals surface area contributed by atoms with Gasteiger partial charge in [-0.15, -0.1) is 13.2 Å². The fourth-order valence-electron chi connectivity index (χ4n) is 0.798. The lowest BCUT2D eigenvalue weighted by Crippen LogP contribution is -2.30. The molecule has 0 bridgehead atoms. The zero-order valence-corrected chi connectivity index (χ0v) is 7.35. The maximum absolute atomic E-state index is 10.5. The molecular formula is C9H14O4. The molecule has 13 heavy (non-hydrogen) atoms. The first-order valence-electron chi connectivity index (χ1n) is 3.85. The first kappa shape index (κ1) is 11.9. The van der Waals surface area contributed by atoms with Crippen molar-refractivity contribution in [2.24, 2.45) is 5.92 Å². The molecule has 0 aromatic carbocycles. The van der Waals surface area contributed by atoms with E-state index in [0.717, 1.165) is 0 Å². The number of hydrogen-bond donors (Lipinski definition) is 2. The number of carboxylic acid groups (broad SMARTS) is 1. The number of aliphatic hydroxyl groups is 1. The van der Waals surface area contributed by atoms with E-state index in [0.29, 0.717) is 6.61 Å². The van der Waals surface area contributed by atoms with Gasteiger partial charge in [-0.05, 0) is 0 Å². The van der Waals surface area contributed by atoms with Crippen molar-refractivity contribution in [3.05, 3.63) is 25.3 Å². The molecule has 0 aliphatic heterocycles. The van der Waals surface area contributed by atoms with Crippen molar-refractivity contribution in [3.8, 4) is 0 Å². The molecule has 0 spiro atoms. The Morgan fingerprint density at radius 1 is 1.54 bits per heavy atom. The van der Waals surface area contributed by atoms with Gasteiger partial charge < -0.3 is 14.9 Å². The van der Waals surface area contributed by atoms with Crippen molar-refractivity contribution in [1.82, 2.24) is 0 Å². The van der Waals surface area contributed by atoms with Gasteiger partial charge in [-0.25, -0.2) is 0 Å². The van der Waals surface area contributed by atoms with E-state index in [2.05, 4.69) is 13.2 Å². The molecule has 0 fully saturated rings. The molecule has 2 atom stereocenters. The van der Waals surface area contributed by atoms with Crippen molar-refractivity contribution in [1.29, 1.82) is 0 Å². The second-order valence-corrected chi connectivity index (χ2v) is 2.49. The van der Waals surface area contributed by atoms with E-state index in [9.17, 15) is 9.90 Å². The smallest absolute Gasteiger partial charge is 0.313 e. The molecule has 0 radical (unpaired) electrons. The molecule has 0 amide bonds. The zero-order chi connectivity index (χ0) is 10.3. The topological polar surface area (TPSA) is 66.8 Å². The predicted octanol–water partition coefficient (Wildman–Crippen LogP) is 0.437. The number of carbonyl (C=O) groups is 1. The van der Waals surface area contributed by atoms with Crippen LogP contribution in [0.15, 0.2) is 25.3 Å². The number of carboxylic acids is 1. The summed E-state index contributed by atoms with van der Waals surface area (Å²) in [6, 6.07) is 0. The maximum Gasteiger partial charge on any atom is 0.313 e. The van der Waals surface area contributed by atoms with Crippen LogP contribution in [0.3, 0.4) is 0 Å². The van der Waals surface area contributed by atoms with Gasteiger partial charge in [0.2, 0.25) is 0 Å². The van der Waals surface area contributed by atoms with Gasteiger partial charge in [0.1, 0.15) is 5.92 Å². The predicted molar refractivity (Wildman–Crippen MR) is 48.3 cm³/mol. The van der Waals surface area contributed by atoms with Gasteiger partial charge in [-0.2, -0.15) is 0 Å². The quantitative estimate of drug-likeness (QED) is 0.447. The lowest BCUT2D eigenvalue weighted by atomic mass is 10.0. The number of aliphatic carboxylic acids is 1. The summed E-state index contributed by atoms with van der Waals surface area (Å²) < 4.78 is 4.90. The summed E-state index contributed by atoms with van der Waals surface area (Å²) in [4.78, 5) is 10.5. The van der Waals surface area contributed by atoms with Crippen molar-refractivity contribution in [2.75, 3.05) is 13.2 Å². The van der Waals surface area contributed by atoms with Crippen LogP contribution in [0.2, 0.25) is 0 Å². The average Bonchev–Trinajstić information content (AvgIpc) is 2.05. The standard InChI is InChI=1S/C9H14O4/c1-3-5-13-6-8(10)7(4-2)9(11)12/h3-4,7-8,10H,1-2,5-6H2,(H,11,12)/t7-,8+/m0/s1. The molecule has 0 aliphatic carbocycles. The first-order valence-corrected chi connectivity index (χ1v) is 3.85. The monoisotopic (exact) mass is 186 g/mol. The normalized spacial score (nSPS) is 14.5. The summed E-state index contributed by atoms with van der Waals surface area (Å²) in [5.41, 5.74) is 0. The van der Waals surface area contributed by atoms with Crippen LogP contribution in [-0.4, -0.2) is 35.5 Å². The molecule has 0 aromatic heterocycles. The highest BCUT2D eigenvalue weighted by molar-refractivity contribution is 5.72. The van der Waals surface area contributed by atoms with Crippen LogP contribution in [-0.2, 0) is 9.53 Å². The van der Waals surface area contributed by atoms with E-state index >= 15 is 0 Å². The summed E-state index contributed by atoms with van der Waals surface area (Å²) in [5, 5.41) is 17.9. The number of aliphatic hydroxyl groups excluding tert-OH is 1. The van der Waals surface area contributed by atoms with Gasteiger partial charge in [-0.3, -0.25) is 4.79 Å². The highest BCUT2D eigenvalue weighted by Gasteiger charge is 2.22. The van der Waals surface area contributed by atoms with Crippen LogP contribution in [0.1, 0.15) is 0 Å². The largest absolute Gasteiger partial charge is 0.481 e. The average molecular weight is 186 g/mol. The van der Waals surface area contributed by atoms with E-state index in [1.165, 1.54) is 12.2 Å². The molecule has 0 saturated heterocycles. The molecule has 0 aromatic rings. The van der Waals surface area contributed by atoms with Gasteiger partial charge in [-0.1, -0.05) is 12.2 Å². The molecule has 0 heterocycles. The Bertz CT molecular complexity index is 188. The fraction of sp³-hybridized carbons (Fsp3) is 0.444. The number of hydrogen-bond acceptors (Lipinski definition) is 3. The van der Waals surface area contributed by atoms with Gasteiger partial charge in [0.15, 0.2) is 0 Å². The van der Waals surface area contributed by atoms with Crippen LogP contribution >= 0.6 is 0 Å². The minimum Gasteiger partial charge on any atom is -0.481 e. The second-order valence-electron chi connectivity index (χ2n) is 2.49. The zero-order valence-electron chi connectivity index (χ0n) is 7.35. The van der Waals surface area contributed by atoms with Gasteiger partial charge >= 0.3 is 5.97 Å². The molecule has 0 unspecified atom stereocenters. The Morgan fingerprint density at radius 3 is 2.54 bits per heavy atom. The van der Waals surface area contributed by atoms with Crippen LogP contribution in [0.5, 0.6) is 0 Å². The molecule has 0 aliphatic rings. The van der Waals surface area contributed by atoms with Crippen LogP contribution < -0.4 is 0 Å². The summed E-state index contributed by atoms with van der Waals surface area (Å²) >= 11 is 0. The number of rotatable bonds is 7. The van der Waals surface area contributed by atoms with Crippen molar-refractivity contribution < 1.29 is 19.7 Å². The third-order valence-electron chi connectivity index (χ3n) is 1.48. The molecule has 4 nitrogen and oxygen atoms in total. The van der Waals surface area contributed by atoms with Gasteiger partial charge in [0.05, 0.1) is 19.3 Å². The van der Waals surface area contributed by atoms with Gasteiger partial charge in [0, 0.05) is 0 Å².